The van der Waals surface area contributed by atoms with Gasteiger partial charge in [-0.25, -0.2) is 4.79 Å². The average Bonchev–Trinajstić information content (AvgIpc) is 2.78. The Kier molecular flexibility index (Phi) is 4.57. The van der Waals surface area contributed by atoms with Crippen molar-refractivity contribution >= 4 is 23.5 Å². The van der Waals surface area contributed by atoms with Crippen molar-refractivity contribution in [1.29, 1.82) is 0 Å². The predicted octanol–water partition coefficient (Wildman–Crippen LogP) is 1.45. The molecule has 1 aromatic rings. The number of carbonyl (C=O) groups excluding carboxylic acids is 3. The van der Waals surface area contributed by atoms with Crippen molar-refractivity contribution in [3.8, 4) is 0 Å². The Morgan fingerprint density at radius 2 is 1.81 bits per heavy atom. The molecule has 1 saturated heterocycles. The second-order valence-corrected chi connectivity index (χ2v) is 4.82. The lowest BCUT2D eigenvalue weighted by Gasteiger charge is -2.26. The molecule has 0 bridgehead atoms. The minimum atomic E-state index is -1.12. The molecule has 2 amide bonds. The van der Waals surface area contributed by atoms with Crippen molar-refractivity contribution in [2.45, 2.75) is 32.9 Å². The first-order valence-corrected chi connectivity index (χ1v) is 6.87. The minimum absolute atomic E-state index is 0.129. The van der Waals surface area contributed by atoms with Crippen LogP contribution in [-0.4, -0.2) is 35.5 Å². The smallest absolute Gasteiger partial charge is 0.350 e. The van der Waals surface area contributed by atoms with Gasteiger partial charge in [-0.15, -0.1) is 0 Å². The molecule has 0 aliphatic carbocycles. The van der Waals surface area contributed by atoms with Gasteiger partial charge in [0.2, 0.25) is 18.0 Å². The van der Waals surface area contributed by atoms with Crippen LogP contribution in [0.25, 0.3) is 0 Å². The Morgan fingerprint density at radius 1 is 1.24 bits per heavy atom. The summed E-state index contributed by atoms with van der Waals surface area (Å²) in [5.41, 5.74) is 1.72. The van der Waals surface area contributed by atoms with Crippen LogP contribution in [0.4, 0.5) is 5.69 Å². The number of nitrogens with one attached hydrogen (secondary N) is 1. The molecule has 6 nitrogen and oxygen atoms in total. The number of amides is 2. The number of hydrogen-bond donors (Lipinski definition) is 1. The van der Waals surface area contributed by atoms with Gasteiger partial charge in [0.15, 0.2) is 0 Å². The van der Waals surface area contributed by atoms with Crippen molar-refractivity contribution in [3.63, 3.8) is 0 Å². The molecule has 1 fully saturated rings. The van der Waals surface area contributed by atoms with Gasteiger partial charge in [-0.05, 0) is 26.0 Å². The Hall–Kier alpha value is -2.37. The fourth-order valence-electron chi connectivity index (χ4n) is 2.14. The van der Waals surface area contributed by atoms with E-state index in [1.165, 1.54) is 0 Å². The highest BCUT2D eigenvalue weighted by atomic mass is 16.5. The number of ether oxygens (including phenoxy) is 1. The molecule has 21 heavy (non-hydrogen) atoms. The van der Waals surface area contributed by atoms with Crippen LogP contribution in [0.1, 0.15) is 25.3 Å². The number of rotatable bonds is 5. The predicted molar refractivity (Wildman–Crippen MR) is 76.3 cm³/mol. The van der Waals surface area contributed by atoms with Gasteiger partial charge in [0.25, 0.3) is 0 Å². The van der Waals surface area contributed by atoms with E-state index in [1.54, 1.807) is 19.1 Å². The molecular formula is C15H18N2O4. The lowest BCUT2D eigenvalue weighted by atomic mass is 10.2. The zero-order valence-corrected chi connectivity index (χ0v) is 12.1. The number of hydrogen-bond acceptors (Lipinski definition) is 5. The minimum Gasteiger partial charge on any atom is -0.463 e. The van der Waals surface area contributed by atoms with Crippen LogP contribution in [0.15, 0.2) is 24.3 Å². The van der Waals surface area contributed by atoms with E-state index in [0.717, 1.165) is 10.5 Å². The Balaban J connectivity index is 2.23. The molecule has 0 saturated carbocycles. The number of aryl methyl sites for hydroxylation is 1. The number of esters is 1. The summed E-state index contributed by atoms with van der Waals surface area (Å²) < 4.78 is 4.96. The van der Waals surface area contributed by atoms with Crippen molar-refractivity contribution in [3.05, 3.63) is 29.8 Å². The highest BCUT2D eigenvalue weighted by Gasteiger charge is 2.39. The second kappa shape index (κ2) is 6.39. The van der Waals surface area contributed by atoms with E-state index >= 15 is 0 Å². The molecule has 1 aliphatic heterocycles. The molecular weight excluding hydrogens is 272 g/mol. The van der Waals surface area contributed by atoms with Gasteiger partial charge in [0, 0.05) is 18.5 Å². The highest BCUT2D eigenvalue weighted by molar-refractivity contribution is 6.05. The SMILES string of the molecule is CCOC(=O)C(Nc1ccc(C)cc1)N1C(=O)CCC1=O. The normalized spacial score (nSPS) is 16.0. The van der Waals surface area contributed by atoms with Gasteiger partial charge in [-0.3, -0.25) is 14.5 Å². The molecule has 1 heterocycles. The maximum Gasteiger partial charge on any atom is 0.350 e. The van der Waals surface area contributed by atoms with Crippen LogP contribution in [-0.2, 0) is 19.1 Å². The standard InChI is InChI=1S/C15H18N2O4/c1-3-21-15(20)14(17-12(18)8-9-13(17)19)16-11-6-4-10(2)5-7-11/h4-7,14,16H,3,8-9H2,1-2H3. The van der Waals surface area contributed by atoms with Crippen molar-refractivity contribution in [2.24, 2.45) is 0 Å². The highest BCUT2D eigenvalue weighted by Crippen LogP contribution is 2.19. The third-order valence-corrected chi connectivity index (χ3v) is 3.21. The summed E-state index contributed by atoms with van der Waals surface area (Å²) in [6.07, 6.45) is -0.857. The van der Waals surface area contributed by atoms with E-state index in [-0.39, 0.29) is 31.3 Å². The zero-order valence-electron chi connectivity index (χ0n) is 12.1. The van der Waals surface area contributed by atoms with Gasteiger partial charge in [0.1, 0.15) is 0 Å². The summed E-state index contributed by atoms with van der Waals surface area (Å²) >= 11 is 0. The zero-order chi connectivity index (χ0) is 15.4. The summed E-state index contributed by atoms with van der Waals surface area (Å²) in [5, 5.41) is 2.90. The molecule has 112 valence electrons. The first kappa shape index (κ1) is 15.0. The summed E-state index contributed by atoms with van der Waals surface area (Å²) in [6.45, 7) is 3.80. The van der Waals surface area contributed by atoms with E-state index in [0.29, 0.717) is 5.69 Å². The number of imide groups is 1. The van der Waals surface area contributed by atoms with Gasteiger partial charge in [-0.2, -0.15) is 0 Å². The summed E-state index contributed by atoms with van der Waals surface area (Å²) in [5.74, 6) is -1.36. The van der Waals surface area contributed by atoms with E-state index in [9.17, 15) is 14.4 Å². The van der Waals surface area contributed by atoms with Gasteiger partial charge in [0.05, 0.1) is 6.61 Å². The Morgan fingerprint density at radius 3 is 2.33 bits per heavy atom. The Labute approximate surface area is 123 Å². The molecule has 1 atom stereocenters. The molecule has 0 radical (unpaired) electrons. The lowest BCUT2D eigenvalue weighted by molar-refractivity contribution is -0.156. The molecule has 0 aromatic heterocycles. The maximum atomic E-state index is 12.1. The summed E-state index contributed by atoms with van der Waals surface area (Å²) in [4.78, 5) is 36.7. The van der Waals surface area contributed by atoms with E-state index < -0.39 is 12.1 Å². The van der Waals surface area contributed by atoms with Crippen LogP contribution >= 0.6 is 0 Å². The van der Waals surface area contributed by atoms with Crippen LogP contribution in [0.5, 0.6) is 0 Å². The molecule has 2 rings (SSSR count). The maximum absolute atomic E-state index is 12.1. The summed E-state index contributed by atoms with van der Waals surface area (Å²) in [6, 6.07) is 7.31. The van der Waals surface area contributed by atoms with Crippen molar-refractivity contribution in [1.82, 2.24) is 4.90 Å². The van der Waals surface area contributed by atoms with Crippen LogP contribution in [0.3, 0.4) is 0 Å². The number of nitrogens with zero attached hydrogens (tertiary/aromatic N) is 1. The average molecular weight is 290 g/mol. The molecule has 6 heteroatoms. The second-order valence-electron chi connectivity index (χ2n) is 4.82. The first-order valence-electron chi connectivity index (χ1n) is 6.87. The van der Waals surface area contributed by atoms with Gasteiger partial charge < -0.3 is 10.1 Å². The molecule has 1 aromatic carbocycles. The van der Waals surface area contributed by atoms with E-state index in [4.69, 9.17) is 4.74 Å². The van der Waals surface area contributed by atoms with Crippen molar-refractivity contribution in [2.75, 3.05) is 11.9 Å². The topological polar surface area (TPSA) is 75.7 Å². The molecule has 0 spiro atoms. The number of likely N-dealkylation sites (tertiary alicyclic amines) is 1. The number of benzene rings is 1. The van der Waals surface area contributed by atoms with E-state index in [1.807, 2.05) is 19.1 Å². The van der Waals surface area contributed by atoms with Crippen LogP contribution in [0, 0.1) is 6.92 Å². The molecule has 1 unspecified atom stereocenters. The molecule has 1 aliphatic rings. The first-order chi connectivity index (χ1) is 10.0. The van der Waals surface area contributed by atoms with Crippen LogP contribution < -0.4 is 5.32 Å². The quantitative estimate of drug-likeness (QED) is 0.656. The third kappa shape index (κ3) is 3.39. The van der Waals surface area contributed by atoms with Crippen molar-refractivity contribution < 1.29 is 19.1 Å². The fourth-order valence-corrected chi connectivity index (χ4v) is 2.14. The van der Waals surface area contributed by atoms with Crippen LogP contribution in [0.2, 0.25) is 0 Å². The Bertz CT molecular complexity index is 537. The fraction of sp³-hybridized carbons (Fsp3) is 0.400. The molecule has 1 N–H and O–H groups in total. The van der Waals surface area contributed by atoms with Gasteiger partial charge in [-0.1, -0.05) is 17.7 Å². The third-order valence-electron chi connectivity index (χ3n) is 3.21. The summed E-state index contributed by atoms with van der Waals surface area (Å²) in [7, 11) is 0. The monoisotopic (exact) mass is 290 g/mol. The largest absolute Gasteiger partial charge is 0.463 e. The van der Waals surface area contributed by atoms with E-state index in [2.05, 4.69) is 5.32 Å². The number of anilines is 1. The lowest BCUT2D eigenvalue weighted by Crippen LogP contribution is -2.50. The number of carbonyl (C=O) groups is 3. The van der Waals surface area contributed by atoms with Gasteiger partial charge >= 0.3 is 5.97 Å².